The second kappa shape index (κ2) is 10.7. The molecule has 4 rings (SSSR count). The number of alkyl carbamates (subject to hydrolysis) is 1. The minimum Gasteiger partial charge on any atom is -0.480 e. The van der Waals surface area contributed by atoms with E-state index in [1.54, 1.807) is 0 Å². The lowest BCUT2D eigenvalue weighted by Crippen LogP contribution is -2.41. The Morgan fingerprint density at radius 1 is 0.824 bits per heavy atom. The van der Waals surface area contributed by atoms with E-state index in [1.807, 2.05) is 78.9 Å². The molecule has 2 N–H and O–H groups in total. The Morgan fingerprint density at radius 3 is 2.03 bits per heavy atom. The summed E-state index contributed by atoms with van der Waals surface area (Å²) in [6, 6.07) is 23.8. The Morgan fingerprint density at radius 2 is 1.41 bits per heavy atom. The fourth-order valence-corrected chi connectivity index (χ4v) is 4.11. The van der Waals surface area contributed by atoms with E-state index in [1.165, 1.54) is 0 Å². The first-order valence-corrected chi connectivity index (χ1v) is 11.1. The molecule has 0 fully saturated rings. The van der Waals surface area contributed by atoms with Crippen molar-refractivity contribution in [2.24, 2.45) is 0 Å². The summed E-state index contributed by atoms with van der Waals surface area (Å²) in [6.07, 6.45) is -1.09. The SMILES string of the molecule is O=C(CC[C@@H](NC(=O)OCC1c2ccccc2-c2ccccc21)C(=O)O)OCc1ccccc1. The third-order valence-electron chi connectivity index (χ3n) is 5.81. The molecule has 1 atom stereocenters. The largest absolute Gasteiger partial charge is 0.480 e. The van der Waals surface area contributed by atoms with Crippen LogP contribution in [0.4, 0.5) is 4.79 Å². The number of carboxylic acids is 1. The summed E-state index contributed by atoms with van der Waals surface area (Å²) < 4.78 is 10.6. The highest BCUT2D eigenvalue weighted by Gasteiger charge is 2.29. The van der Waals surface area contributed by atoms with E-state index in [2.05, 4.69) is 5.32 Å². The average Bonchev–Trinajstić information content (AvgIpc) is 3.18. The van der Waals surface area contributed by atoms with Crippen LogP contribution in [0.2, 0.25) is 0 Å². The number of carbonyl (C=O) groups excluding carboxylic acids is 2. The fraction of sp³-hybridized carbons (Fsp3) is 0.222. The molecule has 0 unspecified atom stereocenters. The summed E-state index contributed by atoms with van der Waals surface area (Å²) in [6.45, 7) is 0.183. The third-order valence-corrected chi connectivity index (χ3v) is 5.81. The van der Waals surface area contributed by atoms with Crippen LogP contribution < -0.4 is 5.32 Å². The van der Waals surface area contributed by atoms with Crippen LogP contribution in [0.25, 0.3) is 11.1 Å². The van der Waals surface area contributed by atoms with Gasteiger partial charge in [0.2, 0.25) is 0 Å². The molecule has 1 aliphatic rings. The van der Waals surface area contributed by atoms with Crippen molar-refractivity contribution in [3.8, 4) is 11.1 Å². The zero-order chi connectivity index (χ0) is 23.9. The number of esters is 1. The third kappa shape index (κ3) is 5.43. The number of carbonyl (C=O) groups is 3. The Balaban J connectivity index is 1.29. The van der Waals surface area contributed by atoms with Crippen molar-refractivity contribution < 1.29 is 29.0 Å². The van der Waals surface area contributed by atoms with Crippen LogP contribution in [-0.4, -0.2) is 35.8 Å². The smallest absolute Gasteiger partial charge is 0.407 e. The van der Waals surface area contributed by atoms with Crippen LogP contribution in [0.5, 0.6) is 0 Å². The standard InChI is InChI=1S/C27H25NO6/c29-25(33-16-18-8-2-1-3-9-18)15-14-24(26(30)31)28-27(32)34-17-23-21-12-6-4-10-19(21)20-11-5-7-13-22(20)23/h1-13,23-24H,14-17H2,(H,28,32)(H,30,31)/t24-/m1/s1. The molecule has 0 aromatic heterocycles. The van der Waals surface area contributed by atoms with E-state index in [4.69, 9.17) is 9.47 Å². The lowest BCUT2D eigenvalue weighted by atomic mass is 9.98. The van der Waals surface area contributed by atoms with E-state index < -0.39 is 24.1 Å². The molecule has 174 valence electrons. The fourth-order valence-electron chi connectivity index (χ4n) is 4.11. The van der Waals surface area contributed by atoms with E-state index >= 15 is 0 Å². The summed E-state index contributed by atoms with van der Waals surface area (Å²) in [5, 5.41) is 11.8. The Labute approximate surface area is 197 Å². The summed E-state index contributed by atoms with van der Waals surface area (Å²) in [5.74, 6) is -1.91. The quantitative estimate of drug-likeness (QED) is 0.457. The number of aliphatic carboxylic acids is 1. The maximum atomic E-state index is 12.4. The van der Waals surface area contributed by atoms with Crippen molar-refractivity contribution in [1.82, 2.24) is 5.32 Å². The van der Waals surface area contributed by atoms with Crippen LogP contribution in [0, 0.1) is 0 Å². The first-order chi connectivity index (χ1) is 16.5. The van der Waals surface area contributed by atoms with Crippen LogP contribution in [0.3, 0.4) is 0 Å². The number of carboxylic acid groups (broad SMARTS) is 1. The highest BCUT2D eigenvalue weighted by atomic mass is 16.5. The molecule has 0 aliphatic heterocycles. The van der Waals surface area contributed by atoms with Crippen LogP contribution >= 0.6 is 0 Å². The minimum absolute atomic E-state index is 0.0747. The Bertz CT molecular complexity index is 1130. The van der Waals surface area contributed by atoms with Gasteiger partial charge in [-0.25, -0.2) is 9.59 Å². The number of benzene rings is 3. The Kier molecular flexibility index (Phi) is 7.22. The van der Waals surface area contributed by atoms with Crippen LogP contribution in [-0.2, 0) is 25.7 Å². The van der Waals surface area contributed by atoms with Gasteiger partial charge in [0, 0.05) is 12.3 Å². The predicted molar refractivity (Wildman–Crippen MR) is 125 cm³/mol. The maximum absolute atomic E-state index is 12.4. The van der Waals surface area contributed by atoms with Gasteiger partial charge in [-0.15, -0.1) is 0 Å². The molecule has 7 heteroatoms. The second-order valence-electron chi connectivity index (χ2n) is 8.05. The second-order valence-corrected chi connectivity index (χ2v) is 8.05. The summed E-state index contributed by atoms with van der Waals surface area (Å²) in [4.78, 5) is 36.0. The van der Waals surface area contributed by atoms with Crippen molar-refractivity contribution in [3.05, 3.63) is 95.6 Å². The highest BCUT2D eigenvalue weighted by molar-refractivity contribution is 5.81. The normalized spacial score (nSPS) is 12.8. The lowest BCUT2D eigenvalue weighted by Gasteiger charge is -2.17. The molecule has 1 amide bonds. The number of fused-ring (bicyclic) bond motifs is 3. The van der Waals surface area contributed by atoms with E-state index in [9.17, 15) is 19.5 Å². The molecular formula is C27H25NO6. The predicted octanol–water partition coefficient (Wildman–Crippen LogP) is 4.50. The number of hydrogen-bond acceptors (Lipinski definition) is 5. The first kappa shape index (κ1) is 23.0. The Hall–Kier alpha value is -4.13. The number of ether oxygens (including phenoxy) is 2. The molecule has 1 aliphatic carbocycles. The van der Waals surface area contributed by atoms with Gasteiger partial charge in [-0.2, -0.15) is 0 Å². The molecule has 0 saturated heterocycles. The molecule has 0 spiro atoms. The van der Waals surface area contributed by atoms with Crippen LogP contribution in [0.1, 0.15) is 35.4 Å². The molecule has 3 aromatic rings. The average molecular weight is 459 g/mol. The van der Waals surface area contributed by atoms with E-state index in [-0.39, 0.29) is 32.0 Å². The van der Waals surface area contributed by atoms with Crippen molar-refractivity contribution in [2.45, 2.75) is 31.4 Å². The number of amides is 1. The molecule has 0 radical (unpaired) electrons. The van der Waals surface area contributed by atoms with E-state index in [0.29, 0.717) is 0 Å². The number of rotatable bonds is 9. The molecule has 34 heavy (non-hydrogen) atoms. The molecule has 0 heterocycles. The van der Waals surface area contributed by atoms with Crippen molar-refractivity contribution in [3.63, 3.8) is 0 Å². The monoisotopic (exact) mass is 459 g/mol. The van der Waals surface area contributed by atoms with Gasteiger partial charge in [0.1, 0.15) is 19.3 Å². The van der Waals surface area contributed by atoms with Crippen molar-refractivity contribution in [2.75, 3.05) is 6.61 Å². The van der Waals surface area contributed by atoms with Crippen molar-refractivity contribution in [1.29, 1.82) is 0 Å². The lowest BCUT2D eigenvalue weighted by molar-refractivity contribution is -0.145. The molecule has 7 nitrogen and oxygen atoms in total. The molecular weight excluding hydrogens is 434 g/mol. The minimum atomic E-state index is -1.26. The van der Waals surface area contributed by atoms with Gasteiger partial charge in [-0.3, -0.25) is 4.79 Å². The number of nitrogens with one attached hydrogen (secondary N) is 1. The molecule has 3 aromatic carbocycles. The molecule has 0 saturated carbocycles. The summed E-state index contributed by atoms with van der Waals surface area (Å²) in [7, 11) is 0. The maximum Gasteiger partial charge on any atom is 0.407 e. The van der Waals surface area contributed by atoms with Gasteiger partial charge in [0.15, 0.2) is 0 Å². The van der Waals surface area contributed by atoms with Gasteiger partial charge in [-0.05, 0) is 34.2 Å². The van der Waals surface area contributed by atoms with Gasteiger partial charge in [0.05, 0.1) is 0 Å². The van der Waals surface area contributed by atoms with E-state index in [0.717, 1.165) is 27.8 Å². The topological polar surface area (TPSA) is 102 Å². The van der Waals surface area contributed by atoms with Crippen molar-refractivity contribution >= 4 is 18.0 Å². The molecule has 0 bridgehead atoms. The zero-order valence-corrected chi connectivity index (χ0v) is 18.5. The first-order valence-electron chi connectivity index (χ1n) is 11.1. The summed E-state index contributed by atoms with van der Waals surface area (Å²) in [5.41, 5.74) is 5.16. The van der Waals surface area contributed by atoms with Gasteiger partial charge < -0.3 is 19.9 Å². The van der Waals surface area contributed by atoms with Crippen LogP contribution in [0.15, 0.2) is 78.9 Å². The van der Waals surface area contributed by atoms with Gasteiger partial charge in [0.25, 0.3) is 0 Å². The zero-order valence-electron chi connectivity index (χ0n) is 18.5. The number of hydrogen-bond donors (Lipinski definition) is 2. The van der Waals surface area contributed by atoms with Gasteiger partial charge >= 0.3 is 18.0 Å². The summed E-state index contributed by atoms with van der Waals surface area (Å²) >= 11 is 0. The van der Waals surface area contributed by atoms with Gasteiger partial charge in [-0.1, -0.05) is 78.9 Å². The highest BCUT2D eigenvalue weighted by Crippen LogP contribution is 2.44.